The summed E-state index contributed by atoms with van der Waals surface area (Å²) in [4.78, 5) is 18.5. The maximum atomic E-state index is 12.9. The van der Waals surface area contributed by atoms with Gasteiger partial charge in [-0.15, -0.1) is 11.3 Å². The molecule has 27 heavy (non-hydrogen) atoms. The van der Waals surface area contributed by atoms with Crippen molar-refractivity contribution < 1.29 is 18.7 Å². The summed E-state index contributed by atoms with van der Waals surface area (Å²) in [6.07, 6.45) is 0. The monoisotopic (exact) mass is 386 g/mol. The molecule has 1 heterocycles. The van der Waals surface area contributed by atoms with Crippen LogP contribution in [0.3, 0.4) is 0 Å². The molecule has 2 aromatic carbocycles. The largest absolute Gasteiger partial charge is 0.486 e. The van der Waals surface area contributed by atoms with Crippen LogP contribution in [-0.4, -0.2) is 25.0 Å². The van der Waals surface area contributed by atoms with Gasteiger partial charge in [0.05, 0.1) is 11.3 Å². The van der Waals surface area contributed by atoms with Crippen LogP contribution >= 0.6 is 11.3 Å². The Balaban J connectivity index is 1.52. The molecule has 0 N–H and O–H groups in total. The molecule has 1 aromatic heterocycles. The number of esters is 1. The number of ether oxygens (including phenoxy) is 2. The third-order valence-electron chi connectivity index (χ3n) is 3.72. The van der Waals surface area contributed by atoms with E-state index in [0.29, 0.717) is 17.0 Å². The number of rotatable bonds is 7. The van der Waals surface area contributed by atoms with Gasteiger partial charge in [0.1, 0.15) is 29.8 Å². The summed E-state index contributed by atoms with van der Waals surface area (Å²) in [5.74, 6) is -0.131. The van der Waals surface area contributed by atoms with E-state index in [1.54, 1.807) is 24.3 Å². The molecular weight excluding hydrogens is 367 g/mol. The lowest BCUT2D eigenvalue weighted by Gasteiger charge is -2.13. The zero-order valence-electron chi connectivity index (χ0n) is 15.0. The van der Waals surface area contributed by atoms with Crippen LogP contribution in [0, 0.1) is 5.82 Å². The summed E-state index contributed by atoms with van der Waals surface area (Å²) < 4.78 is 23.8. The molecule has 0 aliphatic rings. The van der Waals surface area contributed by atoms with Crippen molar-refractivity contribution in [1.82, 2.24) is 4.98 Å². The maximum Gasteiger partial charge on any atom is 0.338 e. The van der Waals surface area contributed by atoms with E-state index in [0.717, 1.165) is 10.7 Å². The minimum Gasteiger partial charge on any atom is -0.486 e. The molecular formula is C20H19FN2O3S. The molecule has 0 spiro atoms. The van der Waals surface area contributed by atoms with Crippen LogP contribution in [-0.2, 0) is 18.0 Å². The summed E-state index contributed by atoms with van der Waals surface area (Å²) in [5, 5.41) is 2.58. The molecule has 5 nitrogen and oxygen atoms in total. The molecule has 3 aromatic rings. The van der Waals surface area contributed by atoms with Gasteiger partial charge in [-0.25, -0.2) is 14.2 Å². The fourth-order valence-electron chi connectivity index (χ4n) is 2.29. The summed E-state index contributed by atoms with van der Waals surface area (Å²) in [6, 6.07) is 13.1. The van der Waals surface area contributed by atoms with Gasteiger partial charge in [0.2, 0.25) is 0 Å². The highest BCUT2D eigenvalue weighted by molar-refractivity contribution is 7.09. The first-order valence-corrected chi connectivity index (χ1v) is 9.15. The summed E-state index contributed by atoms with van der Waals surface area (Å²) in [6.45, 7) is 0.368. The van der Waals surface area contributed by atoms with E-state index in [1.165, 1.54) is 23.5 Å². The Hall–Kier alpha value is -2.93. The van der Waals surface area contributed by atoms with Crippen LogP contribution in [0.4, 0.5) is 10.1 Å². The van der Waals surface area contributed by atoms with Crippen molar-refractivity contribution in [1.29, 1.82) is 0 Å². The topological polar surface area (TPSA) is 51.7 Å². The van der Waals surface area contributed by atoms with E-state index in [-0.39, 0.29) is 19.0 Å². The standard InChI is InChI=1S/C20H19FN2O3S/c1-23(2)17-5-3-4-14(10-17)20(24)26-11-16-13-27-19(22-16)12-25-18-8-6-15(21)7-9-18/h3-10,13H,11-12H2,1-2H3. The summed E-state index contributed by atoms with van der Waals surface area (Å²) in [7, 11) is 3.82. The van der Waals surface area contributed by atoms with Gasteiger partial charge in [-0.3, -0.25) is 0 Å². The summed E-state index contributed by atoms with van der Waals surface area (Å²) >= 11 is 1.42. The van der Waals surface area contributed by atoms with Crippen LogP contribution in [0.1, 0.15) is 21.1 Å². The summed E-state index contributed by atoms with van der Waals surface area (Å²) in [5.41, 5.74) is 2.09. The van der Waals surface area contributed by atoms with Gasteiger partial charge in [0.25, 0.3) is 0 Å². The normalized spacial score (nSPS) is 10.5. The van der Waals surface area contributed by atoms with E-state index in [4.69, 9.17) is 9.47 Å². The molecule has 7 heteroatoms. The second-order valence-corrected chi connectivity index (χ2v) is 6.94. The van der Waals surface area contributed by atoms with Gasteiger partial charge in [-0.1, -0.05) is 6.07 Å². The third kappa shape index (κ3) is 5.27. The first kappa shape index (κ1) is 18.8. The molecule has 0 saturated carbocycles. The Labute approximate surface area is 161 Å². The lowest BCUT2D eigenvalue weighted by Crippen LogP contribution is -2.11. The molecule has 0 aliphatic carbocycles. The van der Waals surface area contributed by atoms with Crippen molar-refractivity contribution in [2.45, 2.75) is 13.2 Å². The van der Waals surface area contributed by atoms with Crippen LogP contribution in [0.2, 0.25) is 0 Å². The van der Waals surface area contributed by atoms with Crippen molar-refractivity contribution in [2.75, 3.05) is 19.0 Å². The van der Waals surface area contributed by atoms with Gasteiger partial charge in [-0.05, 0) is 42.5 Å². The average Bonchev–Trinajstić information content (AvgIpc) is 3.13. The van der Waals surface area contributed by atoms with E-state index in [9.17, 15) is 9.18 Å². The van der Waals surface area contributed by atoms with E-state index < -0.39 is 5.97 Å². The number of halogens is 1. The number of anilines is 1. The van der Waals surface area contributed by atoms with Crippen molar-refractivity contribution in [3.05, 3.63) is 76.0 Å². The number of benzene rings is 2. The van der Waals surface area contributed by atoms with E-state index in [1.807, 2.05) is 36.5 Å². The number of carbonyl (C=O) groups excluding carboxylic acids is 1. The number of aromatic nitrogens is 1. The highest BCUT2D eigenvalue weighted by Gasteiger charge is 2.11. The van der Waals surface area contributed by atoms with Crippen molar-refractivity contribution in [3.8, 4) is 5.75 Å². The fourth-order valence-corrected chi connectivity index (χ4v) is 2.98. The highest BCUT2D eigenvalue weighted by atomic mass is 32.1. The number of thiazole rings is 1. The molecule has 0 fully saturated rings. The van der Waals surface area contributed by atoms with Gasteiger partial charge in [-0.2, -0.15) is 0 Å². The molecule has 0 bridgehead atoms. The Bertz CT molecular complexity index is 910. The predicted octanol–water partition coefficient (Wildman–Crippen LogP) is 4.28. The predicted molar refractivity (Wildman–Crippen MR) is 103 cm³/mol. The SMILES string of the molecule is CN(C)c1cccc(C(=O)OCc2csc(COc3ccc(F)cc3)n2)c1. The first-order chi connectivity index (χ1) is 13.0. The van der Waals surface area contributed by atoms with Crippen molar-refractivity contribution in [3.63, 3.8) is 0 Å². The quantitative estimate of drug-likeness (QED) is 0.567. The Morgan fingerprint density at radius 1 is 1.15 bits per heavy atom. The molecule has 0 amide bonds. The average molecular weight is 386 g/mol. The molecule has 140 valence electrons. The molecule has 0 radical (unpaired) electrons. The molecule has 0 aliphatic heterocycles. The molecule has 3 rings (SSSR count). The lowest BCUT2D eigenvalue weighted by atomic mass is 10.2. The van der Waals surface area contributed by atoms with Gasteiger partial charge in [0.15, 0.2) is 0 Å². The van der Waals surface area contributed by atoms with Crippen LogP contribution < -0.4 is 9.64 Å². The molecule has 0 saturated heterocycles. The number of hydrogen-bond acceptors (Lipinski definition) is 6. The fraction of sp³-hybridized carbons (Fsp3) is 0.200. The Morgan fingerprint density at radius 3 is 2.67 bits per heavy atom. The number of nitrogens with zero attached hydrogens (tertiary/aromatic N) is 2. The van der Waals surface area contributed by atoms with Crippen LogP contribution in [0.15, 0.2) is 53.9 Å². The van der Waals surface area contributed by atoms with E-state index >= 15 is 0 Å². The Kier molecular flexibility index (Phi) is 6.03. The zero-order chi connectivity index (χ0) is 19.2. The minimum absolute atomic E-state index is 0.0953. The smallest absolute Gasteiger partial charge is 0.338 e. The molecule has 0 unspecified atom stereocenters. The second kappa shape index (κ2) is 8.64. The maximum absolute atomic E-state index is 12.9. The van der Waals surface area contributed by atoms with Gasteiger partial charge < -0.3 is 14.4 Å². The zero-order valence-corrected chi connectivity index (χ0v) is 15.8. The number of carbonyl (C=O) groups is 1. The lowest BCUT2D eigenvalue weighted by molar-refractivity contribution is 0.0468. The third-order valence-corrected chi connectivity index (χ3v) is 4.60. The minimum atomic E-state index is -0.393. The van der Waals surface area contributed by atoms with Gasteiger partial charge >= 0.3 is 5.97 Å². The van der Waals surface area contributed by atoms with Crippen LogP contribution in [0.5, 0.6) is 5.75 Å². The van der Waals surface area contributed by atoms with Crippen molar-refractivity contribution in [2.24, 2.45) is 0 Å². The highest BCUT2D eigenvalue weighted by Crippen LogP contribution is 2.18. The Morgan fingerprint density at radius 2 is 1.93 bits per heavy atom. The van der Waals surface area contributed by atoms with Crippen LogP contribution in [0.25, 0.3) is 0 Å². The number of hydrogen-bond donors (Lipinski definition) is 0. The second-order valence-electron chi connectivity index (χ2n) is 6.00. The van der Waals surface area contributed by atoms with E-state index in [2.05, 4.69) is 4.98 Å². The molecule has 0 atom stereocenters. The van der Waals surface area contributed by atoms with Crippen molar-refractivity contribution >= 4 is 23.0 Å². The first-order valence-electron chi connectivity index (χ1n) is 8.27. The van der Waals surface area contributed by atoms with Gasteiger partial charge in [0, 0.05) is 25.2 Å².